The molecule has 0 atom stereocenters. The highest BCUT2D eigenvalue weighted by molar-refractivity contribution is 5.65. The van der Waals surface area contributed by atoms with Gasteiger partial charge in [0.05, 0.1) is 6.57 Å². The minimum Gasteiger partial charge on any atom is -0.370 e. The zero-order valence-corrected chi connectivity index (χ0v) is 12.5. The van der Waals surface area contributed by atoms with Crippen molar-refractivity contribution >= 4 is 11.5 Å². The van der Waals surface area contributed by atoms with Gasteiger partial charge in [-0.25, -0.2) is 14.5 Å². The van der Waals surface area contributed by atoms with E-state index in [1.165, 1.54) is 5.56 Å². The van der Waals surface area contributed by atoms with Crippen LogP contribution < -0.4 is 4.90 Å². The van der Waals surface area contributed by atoms with Gasteiger partial charge in [0.1, 0.15) is 0 Å². The summed E-state index contributed by atoms with van der Waals surface area (Å²) in [6.07, 6.45) is 3.57. The van der Waals surface area contributed by atoms with E-state index in [1.54, 1.807) is 10.9 Å². The van der Waals surface area contributed by atoms with E-state index in [-0.39, 0.29) is 5.41 Å². The van der Waals surface area contributed by atoms with Crippen LogP contribution in [-0.4, -0.2) is 28.9 Å². The van der Waals surface area contributed by atoms with Crippen LogP contribution in [0.1, 0.15) is 26.3 Å². The minimum absolute atomic E-state index is 0.0755. The summed E-state index contributed by atoms with van der Waals surface area (Å²) in [5.41, 5.74) is 1.77. The first kappa shape index (κ1) is 14.1. The Morgan fingerprint density at radius 3 is 2.35 bits per heavy atom. The van der Waals surface area contributed by atoms with Gasteiger partial charge in [-0.05, 0) is 17.0 Å². The van der Waals surface area contributed by atoms with Crippen LogP contribution in [0.3, 0.4) is 0 Å². The Hall–Kier alpha value is -2.35. The summed E-state index contributed by atoms with van der Waals surface area (Å²) in [6, 6.07) is 3.98. The Kier molecular flexibility index (Phi) is 3.49. The molecule has 0 saturated heterocycles. The third kappa shape index (κ3) is 2.64. The maximum atomic E-state index is 7.19. The molecule has 2 aromatic rings. The smallest absolute Gasteiger partial charge is 0.248 e. The lowest BCUT2D eigenvalue weighted by Gasteiger charge is -2.18. The summed E-state index contributed by atoms with van der Waals surface area (Å²) >= 11 is 0. The third-order valence-corrected chi connectivity index (χ3v) is 3.07. The Morgan fingerprint density at radius 2 is 1.95 bits per heavy atom. The summed E-state index contributed by atoms with van der Waals surface area (Å²) in [6.45, 7) is 13.6. The quantitative estimate of drug-likeness (QED) is 0.786. The monoisotopic (exact) mass is 269 g/mol. The van der Waals surface area contributed by atoms with E-state index in [1.807, 2.05) is 31.3 Å². The molecule has 0 unspecified atom stereocenters. The van der Waals surface area contributed by atoms with Gasteiger partial charge in [0.15, 0.2) is 11.6 Å². The molecule has 5 heteroatoms. The fourth-order valence-electron chi connectivity index (χ4n) is 1.84. The molecule has 2 aromatic heterocycles. The number of aromatic nitrogens is 3. The molecule has 0 aromatic carbocycles. The Morgan fingerprint density at radius 1 is 1.25 bits per heavy atom. The number of rotatable bonds is 2. The molecule has 2 rings (SSSR count). The average molecular weight is 269 g/mol. The standard InChI is InChI=1S/C15H19N5/c1-15(2,3)11-7-8-13(17-9-11)20-10-12(16-4)14(18-20)19(5)6/h7-10H,1-3,5-6H3. The van der Waals surface area contributed by atoms with Gasteiger partial charge in [0.25, 0.3) is 0 Å². The number of anilines is 1. The van der Waals surface area contributed by atoms with E-state index >= 15 is 0 Å². The van der Waals surface area contributed by atoms with Crippen LogP contribution in [0, 0.1) is 6.57 Å². The molecule has 104 valence electrons. The van der Waals surface area contributed by atoms with Gasteiger partial charge < -0.3 is 4.90 Å². The van der Waals surface area contributed by atoms with Crippen LogP contribution in [0.2, 0.25) is 0 Å². The molecule has 0 aliphatic heterocycles. The maximum absolute atomic E-state index is 7.19. The van der Waals surface area contributed by atoms with Gasteiger partial charge in [-0.3, -0.25) is 0 Å². The predicted molar refractivity (Wildman–Crippen MR) is 80.6 cm³/mol. The van der Waals surface area contributed by atoms with E-state index in [2.05, 4.69) is 41.8 Å². The van der Waals surface area contributed by atoms with E-state index in [4.69, 9.17) is 6.57 Å². The minimum atomic E-state index is 0.0755. The largest absolute Gasteiger partial charge is 0.370 e. The molecule has 0 aliphatic rings. The third-order valence-electron chi connectivity index (χ3n) is 3.07. The van der Waals surface area contributed by atoms with Crippen molar-refractivity contribution in [2.45, 2.75) is 26.2 Å². The summed E-state index contributed by atoms with van der Waals surface area (Å²) in [4.78, 5) is 9.76. The van der Waals surface area contributed by atoms with Crippen molar-refractivity contribution in [2.24, 2.45) is 0 Å². The molecule has 0 saturated carbocycles. The number of hydrogen-bond acceptors (Lipinski definition) is 3. The second-order valence-corrected chi connectivity index (χ2v) is 5.94. The lowest BCUT2D eigenvalue weighted by Crippen LogP contribution is -2.12. The molecule has 0 aliphatic carbocycles. The summed E-state index contributed by atoms with van der Waals surface area (Å²) in [5.74, 6) is 1.37. The topological polar surface area (TPSA) is 38.3 Å². The second-order valence-electron chi connectivity index (χ2n) is 5.94. The Bertz CT molecular complexity index is 638. The van der Waals surface area contributed by atoms with Gasteiger partial charge in [-0.15, -0.1) is 0 Å². The van der Waals surface area contributed by atoms with Crippen LogP contribution in [0.5, 0.6) is 0 Å². The fraction of sp³-hybridized carbons (Fsp3) is 0.400. The van der Waals surface area contributed by atoms with Crippen molar-refractivity contribution < 1.29 is 0 Å². The van der Waals surface area contributed by atoms with E-state index in [0.29, 0.717) is 11.5 Å². The summed E-state index contributed by atoms with van der Waals surface area (Å²) in [5, 5.41) is 4.41. The van der Waals surface area contributed by atoms with E-state index in [9.17, 15) is 0 Å². The van der Waals surface area contributed by atoms with Crippen molar-refractivity contribution in [2.75, 3.05) is 19.0 Å². The number of pyridine rings is 1. The molecule has 0 fully saturated rings. The van der Waals surface area contributed by atoms with Crippen molar-refractivity contribution in [1.82, 2.24) is 14.8 Å². The summed E-state index contributed by atoms with van der Waals surface area (Å²) < 4.78 is 1.65. The SMILES string of the molecule is [C-]#[N+]c1cn(-c2ccc(C(C)(C)C)cn2)nc1N(C)C. The lowest BCUT2D eigenvalue weighted by molar-refractivity contribution is 0.586. The van der Waals surface area contributed by atoms with Crippen LogP contribution in [-0.2, 0) is 5.41 Å². The first-order valence-corrected chi connectivity index (χ1v) is 6.44. The highest BCUT2D eigenvalue weighted by Crippen LogP contribution is 2.27. The van der Waals surface area contributed by atoms with E-state index in [0.717, 1.165) is 5.82 Å². The average Bonchev–Trinajstić information content (AvgIpc) is 2.82. The lowest BCUT2D eigenvalue weighted by atomic mass is 9.88. The fourth-order valence-corrected chi connectivity index (χ4v) is 1.84. The van der Waals surface area contributed by atoms with Crippen molar-refractivity contribution in [3.63, 3.8) is 0 Å². The first-order chi connectivity index (χ1) is 9.32. The van der Waals surface area contributed by atoms with Gasteiger partial charge in [0.2, 0.25) is 5.69 Å². The van der Waals surface area contributed by atoms with Gasteiger partial charge in [-0.2, -0.15) is 5.10 Å². The van der Waals surface area contributed by atoms with Crippen LogP contribution >= 0.6 is 0 Å². The molecule has 0 bridgehead atoms. The van der Waals surface area contributed by atoms with Crippen LogP contribution in [0.15, 0.2) is 24.5 Å². The highest BCUT2D eigenvalue weighted by atomic mass is 15.4. The zero-order valence-electron chi connectivity index (χ0n) is 12.5. The van der Waals surface area contributed by atoms with Gasteiger partial charge in [0, 0.05) is 26.5 Å². The van der Waals surface area contributed by atoms with Gasteiger partial charge >= 0.3 is 0 Å². The molecule has 0 N–H and O–H groups in total. The molecule has 0 amide bonds. The first-order valence-electron chi connectivity index (χ1n) is 6.44. The molecule has 2 heterocycles. The second kappa shape index (κ2) is 4.97. The van der Waals surface area contributed by atoms with Crippen molar-refractivity contribution in [3.05, 3.63) is 41.5 Å². The van der Waals surface area contributed by atoms with Crippen LogP contribution in [0.25, 0.3) is 10.7 Å². The maximum Gasteiger partial charge on any atom is 0.248 e. The molecule has 5 nitrogen and oxygen atoms in total. The van der Waals surface area contributed by atoms with E-state index < -0.39 is 0 Å². The molecule has 20 heavy (non-hydrogen) atoms. The highest BCUT2D eigenvalue weighted by Gasteiger charge is 2.15. The molecular formula is C15H19N5. The predicted octanol–water partition coefficient (Wildman–Crippen LogP) is 3.18. The summed E-state index contributed by atoms with van der Waals surface area (Å²) in [7, 11) is 3.75. The number of hydrogen-bond donors (Lipinski definition) is 0. The van der Waals surface area contributed by atoms with Crippen molar-refractivity contribution in [3.8, 4) is 5.82 Å². The molecule has 0 radical (unpaired) electrons. The Balaban J connectivity index is 2.40. The zero-order chi connectivity index (χ0) is 14.9. The Labute approximate surface area is 119 Å². The number of nitrogens with zero attached hydrogens (tertiary/aromatic N) is 5. The van der Waals surface area contributed by atoms with Gasteiger partial charge in [-0.1, -0.05) is 26.8 Å². The molecular weight excluding hydrogens is 250 g/mol. The molecule has 0 spiro atoms. The van der Waals surface area contributed by atoms with Crippen LogP contribution in [0.4, 0.5) is 11.5 Å². The van der Waals surface area contributed by atoms with Crippen molar-refractivity contribution in [1.29, 1.82) is 0 Å². The normalized spacial score (nSPS) is 11.2.